The summed E-state index contributed by atoms with van der Waals surface area (Å²) in [6.07, 6.45) is 6.92. The van der Waals surface area contributed by atoms with Gasteiger partial charge in [-0.1, -0.05) is 31.4 Å². The van der Waals surface area contributed by atoms with Gasteiger partial charge in [-0.05, 0) is 56.0 Å². The molecule has 0 unspecified atom stereocenters. The number of esters is 1. The molecule has 1 heterocycles. The van der Waals surface area contributed by atoms with Crippen molar-refractivity contribution in [3.8, 4) is 0 Å². The zero-order valence-corrected chi connectivity index (χ0v) is 21.7. The smallest absolute Gasteiger partial charge is 0.356 e. The van der Waals surface area contributed by atoms with Crippen molar-refractivity contribution in [3.05, 3.63) is 59.4 Å². The summed E-state index contributed by atoms with van der Waals surface area (Å²) in [6, 6.07) is 8.70. The number of ether oxygens (including phenoxy) is 2. The number of hydrogen-bond donors (Lipinski definition) is 2. The summed E-state index contributed by atoms with van der Waals surface area (Å²) in [5, 5.41) is 2.96. The van der Waals surface area contributed by atoms with Crippen LogP contribution in [0.25, 0.3) is 0 Å². The summed E-state index contributed by atoms with van der Waals surface area (Å²) >= 11 is 0. The summed E-state index contributed by atoms with van der Waals surface area (Å²) in [4.78, 5) is 40.5. The zero-order valence-electron chi connectivity index (χ0n) is 20.9. The number of aromatic nitrogens is 1. The van der Waals surface area contributed by atoms with Crippen molar-refractivity contribution in [2.75, 3.05) is 26.4 Å². The standard InChI is InChI=1S/C26H33N3O7S/c1-2-35-16-17-36-26(32)23-13-10-21(18-28-23)25(31)29-37(33,34)22-11-8-19(9-12-22)14-15-27-24(30)20-6-4-3-5-7-20/h8-13,18,20H,2-7,14-17H2,1H3,(H,27,30)(H,29,31). The topological polar surface area (TPSA) is 141 Å². The number of rotatable bonds is 12. The molecule has 11 heteroatoms. The Balaban J connectivity index is 1.49. The molecule has 0 bridgehead atoms. The molecule has 1 aromatic carbocycles. The van der Waals surface area contributed by atoms with E-state index in [0.29, 0.717) is 19.6 Å². The summed E-state index contributed by atoms with van der Waals surface area (Å²) in [7, 11) is -4.12. The van der Waals surface area contributed by atoms with Crippen LogP contribution in [0.5, 0.6) is 0 Å². The van der Waals surface area contributed by atoms with Gasteiger partial charge in [0.1, 0.15) is 12.3 Å². The van der Waals surface area contributed by atoms with Crippen molar-refractivity contribution in [1.29, 1.82) is 0 Å². The van der Waals surface area contributed by atoms with Gasteiger partial charge < -0.3 is 14.8 Å². The number of carbonyl (C=O) groups is 3. The molecular weight excluding hydrogens is 498 g/mol. The van der Waals surface area contributed by atoms with Crippen LogP contribution in [0.2, 0.25) is 0 Å². The number of carbonyl (C=O) groups excluding carboxylic acids is 3. The first-order valence-corrected chi connectivity index (χ1v) is 13.9. The molecule has 0 radical (unpaired) electrons. The van der Waals surface area contributed by atoms with Gasteiger partial charge in [-0.15, -0.1) is 0 Å². The second-order valence-corrected chi connectivity index (χ2v) is 10.4. The van der Waals surface area contributed by atoms with E-state index in [2.05, 4.69) is 10.3 Å². The molecule has 1 saturated carbocycles. The maximum Gasteiger partial charge on any atom is 0.356 e. The van der Waals surface area contributed by atoms with E-state index in [4.69, 9.17) is 9.47 Å². The van der Waals surface area contributed by atoms with Crippen molar-refractivity contribution in [2.24, 2.45) is 5.92 Å². The maximum atomic E-state index is 12.7. The Morgan fingerprint density at radius 3 is 2.38 bits per heavy atom. The molecule has 0 saturated heterocycles. The summed E-state index contributed by atoms with van der Waals surface area (Å²) in [5.41, 5.74) is 0.823. The van der Waals surface area contributed by atoms with Crippen molar-refractivity contribution in [2.45, 2.75) is 50.3 Å². The predicted octanol–water partition coefficient (Wildman–Crippen LogP) is 2.63. The quantitative estimate of drug-likeness (QED) is 0.315. The maximum absolute atomic E-state index is 12.7. The highest BCUT2D eigenvalue weighted by molar-refractivity contribution is 7.90. The third-order valence-electron chi connectivity index (χ3n) is 6.05. The van der Waals surface area contributed by atoms with E-state index < -0.39 is 21.9 Å². The second-order valence-electron chi connectivity index (χ2n) is 8.72. The lowest BCUT2D eigenvalue weighted by Gasteiger charge is -2.20. The van der Waals surface area contributed by atoms with E-state index in [1.54, 1.807) is 12.1 Å². The minimum Gasteiger partial charge on any atom is -0.459 e. The normalized spacial score (nSPS) is 14.1. The van der Waals surface area contributed by atoms with Crippen molar-refractivity contribution in [1.82, 2.24) is 15.0 Å². The number of sulfonamides is 1. The molecule has 200 valence electrons. The van der Waals surface area contributed by atoms with E-state index in [0.717, 1.165) is 37.4 Å². The second kappa shape index (κ2) is 13.8. The fourth-order valence-electron chi connectivity index (χ4n) is 3.97. The van der Waals surface area contributed by atoms with Gasteiger partial charge in [-0.2, -0.15) is 0 Å². The van der Waals surface area contributed by atoms with Crippen molar-refractivity contribution < 1.29 is 32.3 Å². The van der Waals surface area contributed by atoms with Gasteiger partial charge in [0.25, 0.3) is 15.9 Å². The highest BCUT2D eigenvalue weighted by Gasteiger charge is 2.21. The molecule has 37 heavy (non-hydrogen) atoms. The lowest BCUT2D eigenvalue weighted by Crippen LogP contribution is -2.33. The van der Waals surface area contributed by atoms with E-state index in [1.165, 1.54) is 30.7 Å². The van der Waals surface area contributed by atoms with Gasteiger partial charge in [-0.25, -0.2) is 22.9 Å². The van der Waals surface area contributed by atoms with Gasteiger partial charge in [0.05, 0.1) is 17.1 Å². The number of nitrogens with zero attached hydrogens (tertiary/aromatic N) is 1. The Bertz CT molecular complexity index is 1160. The third-order valence-corrected chi connectivity index (χ3v) is 7.40. The predicted molar refractivity (Wildman–Crippen MR) is 135 cm³/mol. The number of hydrogen-bond acceptors (Lipinski definition) is 8. The fraction of sp³-hybridized carbons (Fsp3) is 0.462. The SMILES string of the molecule is CCOCCOC(=O)c1ccc(C(=O)NS(=O)(=O)c2ccc(CCNC(=O)C3CCCCC3)cc2)cn1. The monoisotopic (exact) mass is 531 g/mol. The first kappa shape index (κ1) is 28.3. The highest BCUT2D eigenvalue weighted by atomic mass is 32.2. The van der Waals surface area contributed by atoms with Crippen molar-refractivity contribution >= 4 is 27.8 Å². The van der Waals surface area contributed by atoms with E-state index in [1.807, 2.05) is 11.6 Å². The first-order chi connectivity index (χ1) is 17.8. The van der Waals surface area contributed by atoms with Crippen LogP contribution in [0.4, 0.5) is 0 Å². The Labute approximate surface area is 217 Å². The molecule has 1 aromatic heterocycles. The Hall–Kier alpha value is -3.31. The Kier molecular flexibility index (Phi) is 10.6. The van der Waals surface area contributed by atoms with E-state index in [9.17, 15) is 22.8 Å². The highest BCUT2D eigenvalue weighted by Crippen LogP contribution is 2.23. The summed E-state index contributed by atoms with van der Waals surface area (Å²) in [5.74, 6) is -1.37. The fourth-order valence-corrected chi connectivity index (χ4v) is 4.95. The number of benzene rings is 1. The van der Waals surface area contributed by atoms with E-state index in [-0.39, 0.29) is 41.2 Å². The number of pyridine rings is 1. The largest absolute Gasteiger partial charge is 0.459 e. The van der Waals surface area contributed by atoms with Crippen LogP contribution in [-0.2, 0) is 30.7 Å². The average molecular weight is 532 g/mol. The van der Waals surface area contributed by atoms with Gasteiger partial charge >= 0.3 is 5.97 Å². The first-order valence-electron chi connectivity index (χ1n) is 12.4. The molecule has 2 aromatic rings. The number of amides is 2. The minimum absolute atomic E-state index is 0.0126. The van der Waals surface area contributed by atoms with Crippen LogP contribution in [-0.4, -0.2) is 57.6 Å². The number of nitrogens with one attached hydrogen (secondary N) is 2. The molecule has 0 aliphatic heterocycles. The molecule has 1 fully saturated rings. The molecule has 3 rings (SSSR count). The lowest BCUT2D eigenvalue weighted by molar-refractivity contribution is -0.125. The van der Waals surface area contributed by atoms with Crippen LogP contribution < -0.4 is 10.0 Å². The van der Waals surface area contributed by atoms with Crippen LogP contribution in [0, 0.1) is 5.92 Å². The summed E-state index contributed by atoms with van der Waals surface area (Å²) in [6.45, 7) is 3.14. The van der Waals surface area contributed by atoms with Gasteiger partial charge in [0, 0.05) is 25.3 Å². The van der Waals surface area contributed by atoms with Crippen LogP contribution in [0.3, 0.4) is 0 Å². The average Bonchev–Trinajstić information content (AvgIpc) is 2.91. The third kappa shape index (κ3) is 8.64. The Morgan fingerprint density at radius 2 is 1.73 bits per heavy atom. The molecular formula is C26H33N3O7S. The molecule has 1 aliphatic rings. The van der Waals surface area contributed by atoms with Crippen LogP contribution in [0.15, 0.2) is 47.5 Å². The van der Waals surface area contributed by atoms with Crippen LogP contribution >= 0.6 is 0 Å². The molecule has 0 atom stereocenters. The van der Waals surface area contributed by atoms with Gasteiger partial charge in [0.2, 0.25) is 5.91 Å². The lowest BCUT2D eigenvalue weighted by atomic mass is 9.88. The molecule has 0 spiro atoms. The molecule has 10 nitrogen and oxygen atoms in total. The molecule has 2 N–H and O–H groups in total. The Morgan fingerprint density at radius 1 is 1.00 bits per heavy atom. The van der Waals surface area contributed by atoms with E-state index >= 15 is 0 Å². The van der Waals surface area contributed by atoms with Gasteiger partial charge in [0.15, 0.2) is 0 Å². The molecule has 1 aliphatic carbocycles. The zero-order chi connectivity index (χ0) is 26.7. The molecule has 2 amide bonds. The summed E-state index contributed by atoms with van der Waals surface area (Å²) < 4.78 is 37.4. The van der Waals surface area contributed by atoms with Gasteiger partial charge in [-0.3, -0.25) is 9.59 Å². The minimum atomic E-state index is -4.12. The van der Waals surface area contributed by atoms with Crippen molar-refractivity contribution in [3.63, 3.8) is 0 Å². The van der Waals surface area contributed by atoms with Crippen LogP contribution in [0.1, 0.15) is 65.4 Å².